The fourth-order valence-corrected chi connectivity index (χ4v) is 0.792. The molecule has 0 N–H and O–H groups in total. The van der Waals surface area contributed by atoms with Crippen molar-refractivity contribution in [2.24, 2.45) is 0 Å². The topological polar surface area (TPSA) is 56.3 Å². The molecule has 0 bridgehead atoms. The molecule has 0 aliphatic rings. The van der Waals surface area contributed by atoms with Crippen molar-refractivity contribution in [3.63, 3.8) is 0 Å². The molecule has 0 spiro atoms. The molecule has 59 valence electrons. The normalized spacial score (nSPS) is 10.3. The molecule has 1 heterocycles. The highest BCUT2D eigenvalue weighted by atomic mass is 32.2. The monoisotopic (exact) mass is 172 g/mol. The summed E-state index contributed by atoms with van der Waals surface area (Å²) in [5.74, 6) is 0. The molecule has 0 aliphatic heterocycles. The maximum atomic E-state index is 9.95. The molecule has 0 atom stereocenters. The van der Waals surface area contributed by atoms with Gasteiger partial charge in [-0.15, -0.1) is 0 Å². The average molecular weight is 172 g/mol. The van der Waals surface area contributed by atoms with Gasteiger partial charge in [0.25, 0.3) is 11.0 Å². The first-order valence-electron chi connectivity index (χ1n) is 2.87. The standard InChI is InChI=1S/C6H6NO3S/c8-11(9)10-5-6-3-1-2-4-7-6/h1,3-4,11H,5H2. The van der Waals surface area contributed by atoms with Crippen molar-refractivity contribution >= 4 is 11.0 Å². The van der Waals surface area contributed by atoms with Crippen LogP contribution >= 0.6 is 0 Å². The molecule has 1 radical (unpaired) electrons. The predicted molar refractivity (Wildman–Crippen MR) is 38.2 cm³/mol. The lowest BCUT2D eigenvalue weighted by atomic mass is 10.4. The van der Waals surface area contributed by atoms with Crippen LogP contribution in [0.2, 0.25) is 0 Å². The van der Waals surface area contributed by atoms with Crippen LogP contribution in [-0.4, -0.2) is 13.4 Å². The fraction of sp³-hybridized carbons (Fsp3) is 0.167. The van der Waals surface area contributed by atoms with Gasteiger partial charge in [0.1, 0.15) is 6.61 Å². The minimum Gasteiger partial charge on any atom is -0.266 e. The Bertz CT molecular complexity index is 275. The summed E-state index contributed by atoms with van der Waals surface area (Å²) in [7, 11) is -2.77. The number of pyridine rings is 1. The van der Waals surface area contributed by atoms with E-state index in [2.05, 4.69) is 15.2 Å². The molecular formula is C6H6NO3S. The van der Waals surface area contributed by atoms with Crippen LogP contribution in [0.5, 0.6) is 0 Å². The van der Waals surface area contributed by atoms with Crippen molar-refractivity contribution in [1.29, 1.82) is 0 Å². The second-order valence-electron chi connectivity index (χ2n) is 1.75. The first-order chi connectivity index (χ1) is 5.29. The Morgan fingerprint density at radius 3 is 3.00 bits per heavy atom. The first kappa shape index (κ1) is 8.16. The van der Waals surface area contributed by atoms with E-state index in [4.69, 9.17) is 0 Å². The molecule has 0 amide bonds. The molecule has 11 heavy (non-hydrogen) atoms. The summed E-state index contributed by atoms with van der Waals surface area (Å²) in [6, 6.07) is 5.98. The van der Waals surface area contributed by atoms with Crippen LogP contribution in [0.1, 0.15) is 5.69 Å². The van der Waals surface area contributed by atoms with Crippen LogP contribution in [-0.2, 0) is 21.8 Å². The lowest BCUT2D eigenvalue weighted by molar-refractivity contribution is 0.318. The van der Waals surface area contributed by atoms with E-state index in [1.807, 2.05) is 0 Å². The van der Waals surface area contributed by atoms with Crippen molar-refractivity contribution in [3.8, 4) is 0 Å². The summed E-state index contributed by atoms with van der Waals surface area (Å²) in [6.45, 7) is -0.00656. The Hall–Kier alpha value is -0.940. The quantitative estimate of drug-likeness (QED) is 0.648. The SMILES string of the molecule is O=[SH](=O)OCc1cc[c]cn1. The molecule has 4 nitrogen and oxygen atoms in total. The largest absolute Gasteiger partial charge is 0.266 e. The Morgan fingerprint density at radius 2 is 2.45 bits per heavy atom. The van der Waals surface area contributed by atoms with Gasteiger partial charge in [0.15, 0.2) is 0 Å². The molecule has 0 aliphatic carbocycles. The van der Waals surface area contributed by atoms with Gasteiger partial charge in [-0.1, -0.05) is 6.07 Å². The minimum absolute atomic E-state index is 0.00656. The van der Waals surface area contributed by atoms with Crippen LogP contribution in [0.3, 0.4) is 0 Å². The molecule has 1 rings (SSSR count). The fourth-order valence-electron chi connectivity index (χ4n) is 0.555. The van der Waals surface area contributed by atoms with E-state index in [1.165, 1.54) is 6.20 Å². The van der Waals surface area contributed by atoms with Gasteiger partial charge in [-0.3, -0.25) is 9.17 Å². The number of hydrogen-bond acceptors (Lipinski definition) is 4. The van der Waals surface area contributed by atoms with E-state index in [0.717, 1.165) is 0 Å². The summed E-state index contributed by atoms with van der Waals surface area (Å²) >= 11 is 0. The molecular weight excluding hydrogens is 166 g/mol. The number of thiol groups is 1. The van der Waals surface area contributed by atoms with Crippen molar-refractivity contribution < 1.29 is 12.6 Å². The van der Waals surface area contributed by atoms with Crippen molar-refractivity contribution in [3.05, 3.63) is 30.1 Å². The third-order valence-electron chi connectivity index (χ3n) is 0.995. The Balaban J connectivity index is 2.52. The highest BCUT2D eigenvalue weighted by Crippen LogP contribution is 1.94. The molecule has 1 aromatic heterocycles. The molecule has 0 fully saturated rings. The predicted octanol–water partition coefficient (Wildman–Crippen LogP) is -0.0752. The van der Waals surface area contributed by atoms with Gasteiger partial charge in [-0.05, 0) is 6.07 Å². The summed E-state index contributed by atoms with van der Waals surface area (Å²) in [4.78, 5) is 3.80. The third-order valence-corrected chi connectivity index (χ3v) is 1.33. The van der Waals surface area contributed by atoms with Crippen LogP contribution in [0, 0.1) is 6.07 Å². The highest BCUT2D eigenvalue weighted by molar-refractivity contribution is 7.67. The van der Waals surface area contributed by atoms with Gasteiger partial charge >= 0.3 is 0 Å². The van der Waals surface area contributed by atoms with Crippen molar-refractivity contribution in [2.75, 3.05) is 0 Å². The summed E-state index contributed by atoms with van der Waals surface area (Å²) < 4.78 is 24.2. The van der Waals surface area contributed by atoms with Crippen LogP contribution in [0.25, 0.3) is 0 Å². The first-order valence-corrected chi connectivity index (χ1v) is 3.97. The highest BCUT2D eigenvalue weighted by Gasteiger charge is 1.91. The zero-order valence-corrected chi connectivity index (χ0v) is 6.45. The molecule has 5 heteroatoms. The lowest BCUT2D eigenvalue weighted by Gasteiger charge is -1.93. The van der Waals surface area contributed by atoms with Gasteiger partial charge in [-0.2, -0.15) is 0 Å². The molecule has 0 saturated heterocycles. The van der Waals surface area contributed by atoms with E-state index in [9.17, 15) is 8.42 Å². The van der Waals surface area contributed by atoms with Crippen molar-refractivity contribution in [1.82, 2.24) is 4.98 Å². The molecule has 0 aromatic carbocycles. The van der Waals surface area contributed by atoms with E-state index >= 15 is 0 Å². The number of hydrogen-bond donors (Lipinski definition) is 1. The van der Waals surface area contributed by atoms with E-state index in [0.29, 0.717) is 5.69 Å². The Kier molecular flexibility index (Phi) is 3.00. The van der Waals surface area contributed by atoms with E-state index in [1.54, 1.807) is 12.1 Å². The summed E-state index contributed by atoms with van der Waals surface area (Å²) in [5, 5.41) is 0. The van der Waals surface area contributed by atoms with E-state index < -0.39 is 11.0 Å². The number of aromatic nitrogens is 1. The number of rotatable bonds is 3. The van der Waals surface area contributed by atoms with Crippen LogP contribution in [0.4, 0.5) is 0 Å². The van der Waals surface area contributed by atoms with Crippen molar-refractivity contribution in [2.45, 2.75) is 6.61 Å². The third kappa shape index (κ3) is 3.10. The smallest absolute Gasteiger partial charge is 0.257 e. The Labute approximate surface area is 66.0 Å². The van der Waals surface area contributed by atoms with Gasteiger partial charge in [0.05, 0.1) is 5.69 Å². The van der Waals surface area contributed by atoms with Crippen LogP contribution in [0.15, 0.2) is 18.3 Å². The van der Waals surface area contributed by atoms with Gasteiger partial charge in [0.2, 0.25) is 0 Å². The molecule has 0 unspecified atom stereocenters. The zero-order chi connectivity index (χ0) is 8.10. The zero-order valence-electron chi connectivity index (χ0n) is 5.56. The summed E-state index contributed by atoms with van der Waals surface area (Å²) in [6.07, 6.45) is 1.45. The second-order valence-corrected chi connectivity index (χ2v) is 2.45. The van der Waals surface area contributed by atoms with E-state index in [-0.39, 0.29) is 6.61 Å². The molecule has 0 saturated carbocycles. The lowest BCUT2D eigenvalue weighted by Crippen LogP contribution is -1.92. The van der Waals surface area contributed by atoms with Gasteiger partial charge in [0, 0.05) is 12.3 Å². The Morgan fingerprint density at radius 1 is 1.64 bits per heavy atom. The number of nitrogens with zero attached hydrogens (tertiary/aromatic N) is 1. The van der Waals surface area contributed by atoms with Gasteiger partial charge < -0.3 is 0 Å². The second kappa shape index (κ2) is 4.05. The minimum atomic E-state index is -2.77. The average Bonchev–Trinajstić information content (AvgIpc) is 2.03. The summed E-state index contributed by atoms with van der Waals surface area (Å²) in [5.41, 5.74) is 0.572. The van der Waals surface area contributed by atoms with Crippen LogP contribution < -0.4 is 0 Å². The maximum absolute atomic E-state index is 9.95. The maximum Gasteiger partial charge on any atom is 0.257 e. The van der Waals surface area contributed by atoms with Gasteiger partial charge in [-0.25, -0.2) is 8.42 Å². The molecule has 1 aromatic rings.